The van der Waals surface area contributed by atoms with Crippen molar-refractivity contribution >= 4 is 11.7 Å². The Bertz CT molecular complexity index is 565. The monoisotopic (exact) mass is 308 g/mol. The van der Waals surface area contributed by atoms with Crippen molar-refractivity contribution in [2.75, 3.05) is 18.5 Å². The topological polar surface area (TPSA) is 70.6 Å². The summed E-state index contributed by atoms with van der Waals surface area (Å²) in [6.07, 6.45) is 5.10. The van der Waals surface area contributed by atoms with Gasteiger partial charge in [-0.15, -0.1) is 6.42 Å². The van der Waals surface area contributed by atoms with Gasteiger partial charge in [-0.2, -0.15) is 0 Å². The van der Waals surface area contributed by atoms with Crippen LogP contribution >= 0.6 is 0 Å². The highest BCUT2D eigenvalue weighted by Gasteiger charge is 2.25. The summed E-state index contributed by atoms with van der Waals surface area (Å²) in [4.78, 5) is 11.9. The lowest BCUT2D eigenvalue weighted by molar-refractivity contribution is 0.0170. The maximum absolute atomic E-state index is 13.3. The zero-order valence-corrected chi connectivity index (χ0v) is 12.9. The first kappa shape index (κ1) is 17.8. The third kappa shape index (κ3) is 5.26. The molecule has 0 aliphatic carbocycles. The SMILES string of the molecule is C#CCOc1ccc(F)cc1NC(=O)NCC(C)(O)C(C)C. The number of amides is 2. The van der Waals surface area contributed by atoms with Crippen LogP contribution in [0.2, 0.25) is 0 Å². The van der Waals surface area contributed by atoms with E-state index in [1.165, 1.54) is 12.1 Å². The number of terminal acetylenes is 1. The van der Waals surface area contributed by atoms with Gasteiger partial charge in [0.2, 0.25) is 0 Å². The predicted molar refractivity (Wildman–Crippen MR) is 83.2 cm³/mol. The quantitative estimate of drug-likeness (QED) is 0.707. The van der Waals surface area contributed by atoms with Crippen molar-refractivity contribution in [1.29, 1.82) is 0 Å². The van der Waals surface area contributed by atoms with E-state index < -0.39 is 17.4 Å². The minimum Gasteiger partial charge on any atom is -0.479 e. The average molecular weight is 308 g/mol. The third-order valence-electron chi connectivity index (χ3n) is 3.35. The number of halogens is 1. The molecule has 2 amide bonds. The highest BCUT2D eigenvalue weighted by Crippen LogP contribution is 2.25. The van der Waals surface area contributed by atoms with E-state index in [2.05, 4.69) is 16.6 Å². The largest absolute Gasteiger partial charge is 0.479 e. The van der Waals surface area contributed by atoms with Crippen LogP contribution < -0.4 is 15.4 Å². The van der Waals surface area contributed by atoms with E-state index in [-0.39, 0.29) is 30.5 Å². The summed E-state index contributed by atoms with van der Waals surface area (Å²) < 4.78 is 18.5. The molecule has 1 atom stereocenters. The summed E-state index contributed by atoms with van der Waals surface area (Å²) in [6.45, 7) is 5.38. The maximum Gasteiger partial charge on any atom is 0.319 e. The van der Waals surface area contributed by atoms with Gasteiger partial charge in [-0.1, -0.05) is 19.8 Å². The van der Waals surface area contributed by atoms with E-state index >= 15 is 0 Å². The number of hydrogen-bond donors (Lipinski definition) is 3. The number of nitrogens with one attached hydrogen (secondary N) is 2. The number of hydrogen-bond acceptors (Lipinski definition) is 3. The first-order chi connectivity index (χ1) is 10.3. The van der Waals surface area contributed by atoms with E-state index in [0.29, 0.717) is 0 Å². The van der Waals surface area contributed by atoms with Crippen molar-refractivity contribution in [3.05, 3.63) is 24.0 Å². The molecule has 22 heavy (non-hydrogen) atoms. The van der Waals surface area contributed by atoms with Gasteiger partial charge in [-0.25, -0.2) is 9.18 Å². The smallest absolute Gasteiger partial charge is 0.319 e. The molecule has 1 aromatic rings. The number of benzene rings is 1. The Kier molecular flexibility index (Phi) is 6.20. The zero-order chi connectivity index (χ0) is 16.8. The molecule has 120 valence electrons. The summed E-state index contributed by atoms with van der Waals surface area (Å²) in [6, 6.07) is 3.15. The molecule has 0 saturated carbocycles. The molecule has 1 rings (SSSR count). The van der Waals surface area contributed by atoms with Crippen LogP contribution in [-0.4, -0.2) is 29.9 Å². The van der Waals surface area contributed by atoms with E-state index in [4.69, 9.17) is 11.2 Å². The van der Waals surface area contributed by atoms with Crippen LogP contribution in [-0.2, 0) is 0 Å². The molecule has 0 radical (unpaired) electrons. The molecule has 5 nitrogen and oxygen atoms in total. The van der Waals surface area contributed by atoms with Gasteiger partial charge in [-0.3, -0.25) is 0 Å². The maximum atomic E-state index is 13.3. The first-order valence-electron chi connectivity index (χ1n) is 6.89. The molecule has 1 unspecified atom stereocenters. The van der Waals surface area contributed by atoms with Crippen molar-refractivity contribution in [3.63, 3.8) is 0 Å². The van der Waals surface area contributed by atoms with Crippen molar-refractivity contribution in [3.8, 4) is 18.1 Å². The summed E-state index contributed by atoms with van der Waals surface area (Å²) in [7, 11) is 0. The number of aliphatic hydroxyl groups is 1. The van der Waals surface area contributed by atoms with Crippen LogP contribution in [0.25, 0.3) is 0 Å². The van der Waals surface area contributed by atoms with Crippen molar-refractivity contribution in [2.24, 2.45) is 5.92 Å². The molecule has 6 heteroatoms. The van der Waals surface area contributed by atoms with Gasteiger partial charge in [-0.05, 0) is 25.0 Å². The van der Waals surface area contributed by atoms with Gasteiger partial charge in [0.05, 0.1) is 11.3 Å². The third-order valence-corrected chi connectivity index (χ3v) is 3.35. The fraction of sp³-hybridized carbons (Fsp3) is 0.438. The first-order valence-corrected chi connectivity index (χ1v) is 6.89. The molecular weight excluding hydrogens is 287 g/mol. The van der Waals surface area contributed by atoms with Crippen LogP contribution in [0.5, 0.6) is 5.75 Å². The Morgan fingerprint density at radius 1 is 1.55 bits per heavy atom. The Hall–Kier alpha value is -2.26. The molecule has 0 bridgehead atoms. The second kappa shape index (κ2) is 7.66. The van der Waals surface area contributed by atoms with Crippen molar-refractivity contribution in [1.82, 2.24) is 5.32 Å². The molecule has 0 fully saturated rings. The van der Waals surface area contributed by atoms with Crippen LogP contribution in [0, 0.1) is 24.1 Å². The average Bonchev–Trinajstić information content (AvgIpc) is 2.44. The van der Waals surface area contributed by atoms with Gasteiger partial charge in [0.15, 0.2) is 0 Å². The Morgan fingerprint density at radius 3 is 2.82 bits per heavy atom. The van der Waals surface area contributed by atoms with Gasteiger partial charge in [0.1, 0.15) is 18.2 Å². The second-order valence-corrected chi connectivity index (χ2v) is 5.45. The minimum absolute atomic E-state index is 0.00396. The standard InChI is InChI=1S/C16H21FN2O3/c1-5-8-22-14-7-6-12(17)9-13(14)19-15(20)18-10-16(4,21)11(2)3/h1,6-7,9,11,21H,8,10H2,2-4H3,(H2,18,19,20). The number of ether oxygens (including phenoxy) is 1. The number of urea groups is 1. The van der Waals surface area contributed by atoms with Crippen LogP contribution in [0.4, 0.5) is 14.9 Å². The van der Waals surface area contributed by atoms with Crippen LogP contribution in [0.1, 0.15) is 20.8 Å². The summed E-state index contributed by atoms with van der Waals surface area (Å²) in [5.74, 6) is 2.01. The van der Waals surface area contributed by atoms with Crippen LogP contribution in [0.15, 0.2) is 18.2 Å². The molecular formula is C16H21FN2O3. The number of carbonyl (C=O) groups is 1. The number of carbonyl (C=O) groups excluding carboxylic acids is 1. The van der Waals surface area contributed by atoms with Crippen LogP contribution in [0.3, 0.4) is 0 Å². The molecule has 0 aliphatic heterocycles. The van der Waals surface area contributed by atoms with E-state index in [0.717, 1.165) is 6.07 Å². The van der Waals surface area contributed by atoms with Crippen molar-refractivity contribution < 1.29 is 19.0 Å². The lowest BCUT2D eigenvalue weighted by Crippen LogP contribution is -2.45. The Balaban J connectivity index is 2.71. The summed E-state index contributed by atoms with van der Waals surface area (Å²) in [5, 5.41) is 15.1. The van der Waals surface area contributed by atoms with Gasteiger partial charge < -0.3 is 20.5 Å². The van der Waals surface area contributed by atoms with Gasteiger partial charge in [0.25, 0.3) is 0 Å². The molecule has 0 heterocycles. The molecule has 0 spiro atoms. The lowest BCUT2D eigenvalue weighted by Gasteiger charge is -2.27. The van der Waals surface area contributed by atoms with E-state index in [1.807, 2.05) is 13.8 Å². The lowest BCUT2D eigenvalue weighted by atomic mass is 9.93. The highest BCUT2D eigenvalue weighted by atomic mass is 19.1. The van der Waals surface area contributed by atoms with E-state index in [1.54, 1.807) is 6.92 Å². The molecule has 1 aromatic carbocycles. The Morgan fingerprint density at radius 2 is 2.23 bits per heavy atom. The summed E-state index contributed by atoms with van der Waals surface area (Å²) in [5.41, 5.74) is -0.876. The van der Waals surface area contributed by atoms with Gasteiger partial charge in [0, 0.05) is 12.6 Å². The molecule has 0 aromatic heterocycles. The number of anilines is 1. The second-order valence-electron chi connectivity index (χ2n) is 5.45. The van der Waals surface area contributed by atoms with Crippen molar-refractivity contribution in [2.45, 2.75) is 26.4 Å². The highest BCUT2D eigenvalue weighted by molar-refractivity contribution is 5.90. The molecule has 0 aliphatic rings. The normalized spacial score (nSPS) is 13.1. The van der Waals surface area contributed by atoms with Gasteiger partial charge >= 0.3 is 6.03 Å². The molecule has 3 N–H and O–H groups in total. The fourth-order valence-electron chi connectivity index (χ4n) is 1.48. The fourth-order valence-corrected chi connectivity index (χ4v) is 1.48. The number of rotatable bonds is 6. The Labute approximate surface area is 129 Å². The zero-order valence-electron chi connectivity index (χ0n) is 12.9. The summed E-state index contributed by atoms with van der Waals surface area (Å²) >= 11 is 0. The molecule has 0 saturated heterocycles. The minimum atomic E-state index is -1.04. The predicted octanol–water partition coefficient (Wildman–Crippen LogP) is 2.37. The van der Waals surface area contributed by atoms with E-state index in [9.17, 15) is 14.3 Å².